The van der Waals surface area contributed by atoms with Gasteiger partial charge in [-0.05, 0) is 37.5 Å². The Bertz CT molecular complexity index is 402. The first-order valence-corrected chi connectivity index (χ1v) is 7.04. The molecular weight excluding hydrogens is 264 g/mol. The maximum Gasteiger partial charge on any atom is 0.126 e. The Morgan fingerprint density at radius 3 is 2.75 bits per heavy atom. The van der Waals surface area contributed by atoms with Gasteiger partial charge in [0.2, 0.25) is 0 Å². The van der Waals surface area contributed by atoms with Gasteiger partial charge < -0.3 is 14.8 Å². The predicted molar refractivity (Wildman–Crippen MR) is 72.6 cm³/mol. The zero-order valence-electron chi connectivity index (χ0n) is 11.7. The molecule has 1 aliphatic rings. The molecule has 0 saturated carbocycles. The van der Waals surface area contributed by atoms with Crippen LogP contribution in [0.3, 0.4) is 0 Å². The van der Waals surface area contributed by atoms with Gasteiger partial charge in [-0.25, -0.2) is 8.78 Å². The van der Waals surface area contributed by atoms with E-state index < -0.39 is 11.6 Å². The van der Waals surface area contributed by atoms with E-state index in [0.29, 0.717) is 25.3 Å². The lowest BCUT2D eigenvalue weighted by Crippen LogP contribution is -2.25. The standard InChI is InChI=1S/C15H21F2NO2/c1-11(12-7-13(16)9-14(17)8-12)18-4-6-19-10-15-3-2-5-20-15/h7-9,11,15,18H,2-6,10H2,1H3/t11-,15-/m0/s1. The van der Waals surface area contributed by atoms with Crippen LogP contribution < -0.4 is 5.32 Å². The summed E-state index contributed by atoms with van der Waals surface area (Å²) in [6, 6.07) is 3.44. The molecule has 0 unspecified atom stereocenters. The van der Waals surface area contributed by atoms with Crippen molar-refractivity contribution in [2.24, 2.45) is 0 Å². The van der Waals surface area contributed by atoms with Crippen LogP contribution in [0.5, 0.6) is 0 Å². The molecule has 0 aromatic heterocycles. The monoisotopic (exact) mass is 285 g/mol. The highest BCUT2D eigenvalue weighted by molar-refractivity contribution is 5.20. The molecule has 1 aliphatic heterocycles. The number of halogens is 2. The molecule has 1 N–H and O–H groups in total. The molecule has 5 heteroatoms. The van der Waals surface area contributed by atoms with Crippen molar-refractivity contribution in [2.75, 3.05) is 26.4 Å². The lowest BCUT2D eigenvalue weighted by molar-refractivity contribution is 0.0179. The fourth-order valence-corrected chi connectivity index (χ4v) is 2.28. The molecule has 2 atom stereocenters. The minimum Gasteiger partial charge on any atom is -0.377 e. The summed E-state index contributed by atoms with van der Waals surface area (Å²) in [7, 11) is 0. The van der Waals surface area contributed by atoms with Crippen LogP contribution in [-0.2, 0) is 9.47 Å². The Balaban J connectivity index is 1.65. The average Bonchev–Trinajstić information content (AvgIpc) is 2.90. The largest absolute Gasteiger partial charge is 0.377 e. The summed E-state index contributed by atoms with van der Waals surface area (Å²) >= 11 is 0. The van der Waals surface area contributed by atoms with Crippen LogP contribution in [0.4, 0.5) is 8.78 Å². The highest BCUT2D eigenvalue weighted by atomic mass is 19.1. The smallest absolute Gasteiger partial charge is 0.126 e. The maximum atomic E-state index is 13.1. The molecule has 1 aromatic rings. The predicted octanol–water partition coefficient (Wildman–Crippen LogP) is 2.81. The molecule has 1 saturated heterocycles. The maximum absolute atomic E-state index is 13.1. The van der Waals surface area contributed by atoms with Crippen molar-refractivity contribution in [2.45, 2.75) is 31.9 Å². The lowest BCUT2D eigenvalue weighted by atomic mass is 10.1. The Kier molecular flexibility index (Phi) is 5.88. The fourth-order valence-electron chi connectivity index (χ4n) is 2.28. The van der Waals surface area contributed by atoms with Crippen molar-refractivity contribution < 1.29 is 18.3 Å². The van der Waals surface area contributed by atoms with E-state index in [1.54, 1.807) is 0 Å². The highest BCUT2D eigenvalue weighted by Gasteiger charge is 2.15. The van der Waals surface area contributed by atoms with Gasteiger partial charge >= 0.3 is 0 Å². The van der Waals surface area contributed by atoms with E-state index >= 15 is 0 Å². The lowest BCUT2D eigenvalue weighted by Gasteiger charge is -2.15. The quantitative estimate of drug-likeness (QED) is 0.781. The van der Waals surface area contributed by atoms with Crippen molar-refractivity contribution in [1.82, 2.24) is 5.32 Å². The summed E-state index contributed by atoms with van der Waals surface area (Å²) in [5, 5.41) is 3.18. The van der Waals surface area contributed by atoms with Crippen LogP contribution in [0.15, 0.2) is 18.2 Å². The number of rotatable bonds is 7. The van der Waals surface area contributed by atoms with E-state index in [2.05, 4.69) is 5.32 Å². The molecule has 112 valence electrons. The van der Waals surface area contributed by atoms with Crippen molar-refractivity contribution in [1.29, 1.82) is 0 Å². The third-order valence-electron chi connectivity index (χ3n) is 3.41. The first-order valence-electron chi connectivity index (χ1n) is 7.04. The second-order valence-corrected chi connectivity index (χ2v) is 5.09. The molecule has 20 heavy (non-hydrogen) atoms. The third kappa shape index (κ3) is 4.81. The fraction of sp³-hybridized carbons (Fsp3) is 0.600. The Morgan fingerprint density at radius 2 is 2.10 bits per heavy atom. The third-order valence-corrected chi connectivity index (χ3v) is 3.41. The summed E-state index contributed by atoms with van der Waals surface area (Å²) in [6.07, 6.45) is 2.39. The van der Waals surface area contributed by atoms with E-state index in [0.717, 1.165) is 25.5 Å². The van der Waals surface area contributed by atoms with Crippen LogP contribution in [0.1, 0.15) is 31.4 Å². The molecule has 0 amide bonds. The molecule has 0 aliphatic carbocycles. The van der Waals surface area contributed by atoms with Gasteiger partial charge in [-0.3, -0.25) is 0 Å². The molecule has 1 fully saturated rings. The van der Waals surface area contributed by atoms with Crippen molar-refractivity contribution in [3.63, 3.8) is 0 Å². The number of nitrogens with one attached hydrogen (secondary N) is 1. The molecule has 3 nitrogen and oxygen atoms in total. The summed E-state index contributed by atoms with van der Waals surface area (Å²) in [4.78, 5) is 0. The van der Waals surface area contributed by atoms with E-state index in [9.17, 15) is 8.78 Å². The number of benzene rings is 1. The van der Waals surface area contributed by atoms with Gasteiger partial charge in [0.25, 0.3) is 0 Å². The molecule has 0 radical (unpaired) electrons. The van der Waals surface area contributed by atoms with Gasteiger partial charge in [0, 0.05) is 25.3 Å². The molecule has 0 spiro atoms. The van der Waals surface area contributed by atoms with Crippen molar-refractivity contribution in [3.05, 3.63) is 35.4 Å². The molecule has 0 bridgehead atoms. The van der Waals surface area contributed by atoms with Gasteiger partial charge in [-0.2, -0.15) is 0 Å². The first kappa shape index (κ1) is 15.4. The Morgan fingerprint density at radius 1 is 1.35 bits per heavy atom. The second-order valence-electron chi connectivity index (χ2n) is 5.09. The van der Waals surface area contributed by atoms with E-state index in [-0.39, 0.29) is 12.1 Å². The minimum atomic E-state index is -0.553. The molecular formula is C15H21F2NO2. The molecule has 1 aromatic carbocycles. The molecule has 2 rings (SSSR count). The zero-order chi connectivity index (χ0) is 14.4. The normalized spacial score (nSPS) is 20.2. The summed E-state index contributed by atoms with van der Waals surface area (Å²) in [5.74, 6) is -1.11. The zero-order valence-corrected chi connectivity index (χ0v) is 11.7. The summed E-state index contributed by atoms with van der Waals surface area (Å²) in [5.41, 5.74) is 0.599. The number of hydrogen-bond acceptors (Lipinski definition) is 3. The van der Waals surface area contributed by atoms with Crippen LogP contribution >= 0.6 is 0 Å². The van der Waals surface area contributed by atoms with Crippen molar-refractivity contribution >= 4 is 0 Å². The van der Waals surface area contributed by atoms with Gasteiger partial charge in [-0.1, -0.05) is 0 Å². The van der Waals surface area contributed by atoms with Gasteiger partial charge in [0.15, 0.2) is 0 Å². The summed E-state index contributed by atoms with van der Waals surface area (Å²) < 4.78 is 37.2. The van der Waals surface area contributed by atoms with Crippen LogP contribution in [-0.4, -0.2) is 32.5 Å². The molecule has 1 heterocycles. The second kappa shape index (κ2) is 7.67. The van der Waals surface area contributed by atoms with Crippen LogP contribution in [0, 0.1) is 11.6 Å². The van der Waals surface area contributed by atoms with Gasteiger partial charge in [-0.15, -0.1) is 0 Å². The van der Waals surface area contributed by atoms with E-state index in [1.807, 2.05) is 6.92 Å². The number of hydrogen-bond donors (Lipinski definition) is 1. The summed E-state index contributed by atoms with van der Waals surface area (Å²) in [6.45, 7) is 4.50. The average molecular weight is 285 g/mol. The topological polar surface area (TPSA) is 30.5 Å². The van der Waals surface area contributed by atoms with Crippen LogP contribution in [0.25, 0.3) is 0 Å². The van der Waals surface area contributed by atoms with Crippen LogP contribution in [0.2, 0.25) is 0 Å². The minimum absolute atomic E-state index is 0.119. The van der Waals surface area contributed by atoms with Gasteiger partial charge in [0.1, 0.15) is 11.6 Å². The highest BCUT2D eigenvalue weighted by Crippen LogP contribution is 2.15. The van der Waals surface area contributed by atoms with Crippen molar-refractivity contribution in [3.8, 4) is 0 Å². The Hall–Kier alpha value is -1.04. The Labute approximate surface area is 118 Å². The first-order chi connectivity index (χ1) is 9.65. The van der Waals surface area contributed by atoms with E-state index in [1.165, 1.54) is 12.1 Å². The number of ether oxygens (including phenoxy) is 2. The van der Waals surface area contributed by atoms with Gasteiger partial charge in [0.05, 0.1) is 19.3 Å². The van der Waals surface area contributed by atoms with E-state index in [4.69, 9.17) is 9.47 Å². The SMILES string of the molecule is C[C@H](NCCOC[C@@H]1CCCO1)c1cc(F)cc(F)c1.